The molecule has 3 aromatic carbocycles. The SMILES string of the molecule is C=C1/C(=C\c2nc3cc(Cl)c(Cl)cc3nc2C)C(C)(C)CC12CC(C)(C)c1cc3nc4cc(Cl)c(Cl)cc4nc3cc12. The second-order valence-electron chi connectivity index (χ2n) is 13.1. The normalized spacial score (nSPS) is 21.8. The quantitative estimate of drug-likeness (QED) is 0.172. The molecule has 212 valence electrons. The minimum atomic E-state index is -0.244. The second-order valence-corrected chi connectivity index (χ2v) is 14.7. The lowest BCUT2D eigenvalue weighted by Crippen LogP contribution is -2.25. The van der Waals surface area contributed by atoms with Gasteiger partial charge in [0.25, 0.3) is 0 Å². The summed E-state index contributed by atoms with van der Waals surface area (Å²) in [5.41, 5.74) is 10.6. The number of aryl methyl sites for hydroxylation is 1. The Kier molecular flexibility index (Phi) is 6.09. The van der Waals surface area contributed by atoms with E-state index in [1.165, 1.54) is 16.7 Å². The molecule has 0 radical (unpaired) electrons. The Labute approximate surface area is 264 Å². The van der Waals surface area contributed by atoms with E-state index in [1.54, 1.807) is 24.3 Å². The number of allylic oxidation sites excluding steroid dienone is 2. The van der Waals surface area contributed by atoms with Crippen LogP contribution in [0.15, 0.2) is 54.1 Å². The third-order valence-electron chi connectivity index (χ3n) is 9.18. The largest absolute Gasteiger partial charge is 0.249 e. The molecule has 8 heteroatoms. The zero-order valence-corrected chi connectivity index (χ0v) is 27.0. The number of hydrogen-bond acceptors (Lipinski definition) is 4. The molecular weight excluding hydrogens is 606 g/mol. The lowest BCUT2D eigenvalue weighted by Gasteiger charge is -2.29. The third kappa shape index (κ3) is 4.10. The van der Waals surface area contributed by atoms with Crippen molar-refractivity contribution in [2.45, 2.75) is 58.3 Å². The summed E-state index contributed by atoms with van der Waals surface area (Å²) in [6.07, 6.45) is 4.04. The highest BCUT2D eigenvalue weighted by Crippen LogP contribution is 2.65. The van der Waals surface area contributed by atoms with Gasteiger partial charge in [-0.05, 0) is 95.3 Å². The number of nitrogens with zero attached hydrogens (tertiary/aromatic N) is 4. The molecule has 42 heavy (non-hydrogen) atoms. The van der Waals surface area contributed by atoms with Crippen LogP contribution in [0.1, 0.15) is 63.1 Å². The molecule has 1 saturated carbocycles. The van der Waals surface area contributed by atoms with Gasteiger partial charge in [0.1, 0.15) is 0 Å². The minimum absolute atomic E-state index is 0.0824. The van der Waals surface area contributed by atoms with Crippen molar-refractivity contribution < 1.29 is 0 Å². The molecule has 2 aromatic heterocycles. The Morgan fingerprint density at radius 1 is 0.619 bits per heavy atom. The van der Waals surface area contributed by atoms with Gasteiger partial charge in [0.05, 0.1) is 64.6 Å². The maximum absolute atomic E-state index is 6.32. The van der Waals surface area contributed by atoms with Gasteiger partial charge in [0.15, 0.2) is 0 Å². The molecule has 1 fully saturated rings. The lowest BCUT2D eigenvalue weighted by atomic mass is 9.73. The van der Waals surface area contributed by atoms with Gasteiger partial charge in [-0.1, -0.05) is 80.7 Å². The van der Waals surface area contributed by atoms with E-state index >= 15 is 0 Å². The van der Waals surface area contributed by atoms with Gasteiger partial charge in [-0.15, -0.1) is 0 Å². The summed E-state index contributed by atoms with van der Waals surface area (Å²) in [4.78, 5) is 19.7. The van der Waals surface area contributed by atoms with E-state index in [0.717, 1.165) is 57.4 Å². The minimum Gasteiger partial charge on any atom is -0.249 e. The Balaban J connectivity index is 1.40. The number of rotatable bonds is 1. The number of hydrogen-bond donors (Lipinski definition) is 0. The van der Waals surface area contributed by atoms with Crippen LogP contribution in [0.2, 0.25) is 20.1 Å². The van der Waals surface area contributed by atoms with Crippen LogP contribution in [0.5, 0.6) is 0 Å². The zero-order valence-electron chi connectivity index (χ0n) is 24.0. The van der Waals surface area contributed by atoms with Crippen molar-refractivity contribution in [1.82, 2.24) is 19.9 Å². The number of benzene rings is 3. The van der Waals surface area contributed by atoms with Gasteiger partial charge in [-0.25, -0.2) is 19.9 Å². The van der Waals surface area contributed by atoms with E-state index in [1.807, 2.05) is 6.92 Å². The van der Waals surface area contributed by atoms with Crippen molar-refractivity contribution in [1.29, 1.82) is 0 Å². The van der Waals surface area contributed by atoms with Crippen LogP contribution in [0.25, 0.3) is 39.2 Å². The second kappa shape index (κ2) is 9.12. The van der Waals surface area contributed by atoms with E-state index in [4.69, 9.17) is 72.9 Å². The highest BCUT2D eigenvalue weighted by Gasteiger charge is 2.57. The molecule has 1 atom stereocenters. The first-order valence-corrected chi connectivity index (χ1v) is 15.4. The van der Waals surface area contributed by atoms with E-state index in [9.17, 15) is 0 Å². The Morgan fingerprint density at radius 2 is 1.05 bits per heavy atom. The van der Waals surface area contributed by atoms with Crippen LogP contribution in [0, 0.1) is 12.3 Å². The van der Waals surface area contributed by atoms with Crippen molar-refractivity contribution in [3.8, 4) is 0 Å². The van der Waals surface area contributed by atoms with E-state index in [2.05, 4.69) is 45.9 Å². The van der Waals surface area contributed by atoms with Crippen molar-refractivity contribution in [2.75, 3.05) is 0 Å². The molecule has 2 aliphatic rings. The summed E-state index contributed by atoms with van der Waals surface area (Å²) >= 11 is 25.2. The van der Waals surface area contributed by atoms with Gasteiger partial charge >= 0.3 is 0 Å². The third-order valence-corrected chi connectivity index (χ3v) is 10.6. The fourth-order valence-electron chi connectivity index (χ4n) is 7.38. The predicted molar refractivity (Wildman–Crippen MR) is 176 cm³/mol. The van der Waals surface area contributed by atoms with Crippen LogP contribution in [-0.4, -0.2) is 19.9 Å². The molecule has 2 heterocycles. The van der Waals surface area contributed by atoms with Crippen LogP contribution in [0.4, 0.5) is 0 Å². The van der Waals surface area contributed by atoms with Crippen molar-refractivity contribution in [3.63, 3.8) is 0 Å². The van der Waals surface area contributed by atoms with Gasteiger partial charge in [0, 0.05) is 5.41 Å². The monoisotopic (exact) mass is 632 g/mol. The predicted octanol–water partition coefficient (Wildman–Crippen LogP) is 10.6. The number of fused-ring (bicyclic) bond motifs is 5. The average Bonchev–Trinajstić information content (AvgIpc) is 3.23. The smallest absolute Gasteiger partial charge is 0.0910 e. The molecule has 2 aliphatic carbocycles. The van der Waals surface area contributed by atoms with Crippen molar-refractivity contribution in [3.05, 3.63) is 96.7 Å². The molecule has 7 rings (SSSR count). The van der Waals surface area contributed by atoms with Crippen LogP contribution < -0.4 is 0 Å². The molecule has 5 aromatic rings. The fraction of sp³-hybridized carbons (Fsp3) is 0.294. The molecule has 0 amide bonds. The topological polar surface area (TPSA) is 51.6 Å². The number of aromatic nitrogens is 4. The molecule has 0 aliphatic heterocycles. The maximum atomic E-state index is 6.32. The first-order valence-electron chi connectivity index (χ1n) is 13.9. The van der Waals surface area contributed by atoms with E-state index < -0.39 is 0 Å². The fourth-order valence-corrected chi connectivity index (χ4v) is 8.01. The van der Waals surface area contributed by atoms with Crippen LogP contribution >= 0.6 is 46.4 Å². The average molecular weight is 634 g/mol. The van der Waals surface area contributed by atoms with Crippen LogP contribution in [-0.2, 0) is 10.8 Å². The Bertz CT molecular complexity index is 2080. The van der Waals surface area contributed by atoms with Gasteiger partial charge in [-0.3, -0.25) is 0 Å². The summed E-state index contributed by atoms with van der Waals surface area (Å²) in [6.45, 7) is 16.0. The summed E-state index contributed by atoms with van der Waals surface area (Å²) in [7, 11) is 0. The van der Waals surface area contributed by atoms with Gasteiger partial charge in [-0.2, -0.15) is 0 Å². The highest BCUT2D eigenvalue weighted by molar-refractivity contribution is 6.43. The van der Waals surface area contributed by atoms with Crippen LogP contribution in [0.3, 0.4) is 0 Å². The zero-order chi connectivity index (χ0) is 29.9. The number of halogens is 4. The highest BCUT2D eigenvalue weighted by atomic mass is 35.5. The first-order chi connectivity index (χ1) is 19.7. The first kappa shape index (κ1) is 28.0. The molecule has 0 N–H and O–H groups in total. The molecule has 1 spiro atoms. The summed E-state index contributed by atoms with van der Waals surface area (Å²) in [5.74, 6) is 0. The standard InChI is InChI=1S/C34H28Cl4N4/c1-16-18(7-25-17(2)39-28-10-21(35)22(36)11-29(28)40-25)32(3,4)14-34(16)15-33(5,6)19-8-26-27(9-20(19)34)42-31-13-24(38)23(37)12-30(31)41-26/h7-13H,1,14-15H2,2-6H3/b18-7+. The molecule has 0 bridgehead atoms. The molecule has 4 nitrogen and oxygen atoms in total. The summed E-state index contributed by atoms with van der Waals surface area (Å²) in [6, 6.07) is 11.5. The molecule has 0 saturated heterocycles. The Hall–Kier alpha value is -2.76. The maximum Gasteiger partial charge on any atom is 0.0910 e. The summed E-state index contributed by atoms with van der Waals surface area (Å²) < 4.78 is 0. The van der Waals surface area contributed by atoms with E-state index in [-0.39, 0.29) is 16.2 Å². The van der Waals surface area contributed by atoms with Crippen molar-refractivity contribution >= 4 is 85.6 Å². The van der Waals surface area contributed by atoms with Gasteiger partial charge < -0.3 is 0 Å². The molecule has 1 unspecified atom stereocenters. The molecular formula is C34H28Cl4N4. The lowest BCUT2D eigenvalue weighted by molar-refractivity contribution is 0.333. The Morgan fingerprint density at radius 3 is 1.60 bits per heavy atom. The van der Waals surface area contributed by atoms with Gasteiger partial charge in [0.2, 0.25) is 0 Å². The van der Waals surface area contributed by atoms with Crippen molar-refractivity contribution in [2.24, 2.45) is 5.41 Å². The summed E-state index contributed by atoms with van der Waals surface area (Å²) in [5, 5.41) is 1.87. The van der Waals surface area contributed by atoms with E-state index in [0.29, 0.717) is 25.6 Å².